The van der Waals surface area contributed by atoms with Gasteiger partial charge < -0.3 is 14.6 Å². The second-order valence-electron chi connectivity index (χ2n) is 10.9. The SMILES string of the molecule is CCOC1(OCC)OCC(=O)[C@]2(CC[C@H]3[C@@H]4C[C@H](F)C5=CC(=O)C=C[C@]5(C)[C@H]4C(O)C[C@@]32C)O1. The van der Waals surface area contributed by atoms with Gasteiger partial charge in [-0.3, -0.25) is 19.1 Å². The lowest BCUT2D eigenvalue weighted by Gasteiger charge is -2.61. The van der Waals surface area contributed by atoms with Crippen molar-refractivity contribution in [3.05, 3.63) is 23.8 Å². The molecule has 0 amide bonds. The Morgan fingerprint density at radius 3 is 2.59 bits per heavy atom. The second kappa shape index (κ2) is 8.03. The van der Waals surface area contributed by atoms with E-state index in [2.05, 4.69) is 0 Å². The van der Waals surface area contributed by atoms with E-state index in [4.69, 9.17) is 18.9 Å². The van der Waals surface area contributed by atoms with Gasteiger partial charge in [0.2, 0.25) is 0 Å². The number of aliphatic hydroxyl groups is 1. The summed E-state index contributed by atoms with van der Waals surface area (Å²) in [5.74, 6) is -0.877. The minimum atomic E-state index is -1.78. The first-order valence-electron chi connectivity index (χ1n) is 12.5. The maximum Gasteiger partial charge on any atom is 0.414 e. The molecule has 1 unspecified atom stereocenters. The maximum atomic E-state index is 15.6. The third-order valence-corrected chi connectivity index (χ3v) is 9.37. The molecule has 8 atom stereocenters. The Labute approximate surface area is 199 Å². The molecule has 7 nitrogen and oxygen atoms in total. The van der Waals surface area contributed by atoms with E-state index in [0.717, 1.165) is 0 Å². The number of hydrogen-bond donors (Lipinski definition) is 1. The molecule has 5 aliphatic rings. The molecule has 1 spiro atoms. The van der Waals surface area contributed by atoms with E-state index in [1.54, 1.807) is 19.9 Å². The molecule has 0 aromatic carbocycles. The zero-order valence-corrected chi connectivity index (χ0v) is 20.3. The molecule has 188 valence electrons. The van der Waals surface area contributed by atoms with Crippen LogP contribution in [0, 0.1) is 28.6 Å². The molecule has 5 rings (SSSR count). The van der Waals surface area contributed by atoms with Crippen molar-refractivity contribution >= 4 is 11.6 Å². The number of aliphatic hydroxyl groups excluding tert-OH is 1. The number of ketones is 2. The molecule has 0 aromatic rings. The van der Waals surface area contributed by atoms with Gasteiger partial charge in [0.05, 0.1) is 19.3 Å². The zero-order valence-electron chi connectivity index (χ0n) is 20.3. The highest BCUT2D eigenvalue weighted by Crippen LogP contribution is 2.69. The van der Waals surface area contributed by atoms with Crippen LogP contribution in [-0.4, -0.2) is 60.5 Å². The van der Waals surface area contributed by atoms with Crippen molar-refractivity contribution in [1.29, 1.82) is 0 Å². The standard InChI is InChI=1S/C26H35FO7/c1-5-31-26(32-6-2)33-14-21(30)25(34-26)10-8-17-16-12-19(27)18-11-15(28)7-9-23(18,3)22(16)20(29)13-24(17,25)4/h7,9,11,16-17,19-20,22,29H,5-6,8,10,12-14H2,1-4H3/t16-,17-,19-,20?,22+,23-,24-,25-/m0/s1. The fourth-order valence-corrected chi connectivity index (χ4v) is 8.06. The van der Waals surface area contributed by atoms with Crippen molar-refractivity contribution in [2.24, 2.45) is 28.6 Å². The normalized spacial score (nSPS) is 47.2. The fraction of sp³-hybridized carbons (Fsp3) is 0.769. The summed E-state index contributed by atoms with van der Waals surface area (Å²) in [7, 11) is 0. The summed E-state index contributed by atoms with van der Waals surface area (Å²) < 4.78 is 39.0. The zero-order chi connectivity index (χ0) is 24.5. The van der Waals surface area contributed by atoms with Crippen LogP contribution in [0.4, 0.5) is 4.39 Å². The van der Waals surface area contributed by atoms with Crippen molar-refractivity contribution in [2.75, 3.05) is 19.8 Å². The van der Waals surface area contributed by atoms with Gasteiger partial charge in [-0.25, -0.2) is 4.39 Å². The van der Waals surface area contributed by atoms with Crippen LogP contribution in [0.15, 0.2) is 23.8 Å². The number of carbonyl (C=O) groups excluding carboxylic acids is 2. The van der Waals surface area contributed by atoms with Crippen molar-refractivity contribution < 1.29 is 38.0 Å². The van der Waals surface area contributed by atoms with Crippen LogP contribution in [-0.2, 0) is 28.5 Å². The van der Waals surface area contributed by atoms with Gasteiger partial charge in [-0.15, -0.1) is 0 Å². The van der Waals surface area contributed by atoms with Gasteiger partial charge in [0.15, 0.2) is 11.6 Å². The van der Waals surface area contributed by atoms with Crippen molar-refractivity contribution in [2.45, 2.75) is 77.4 Å². The van der Waals surface area contributed by atoms with E-state index in [0.29, 0.717) is 24.8 Å². The predicted octanol–water partition coefficient (Wildman–Crippen LogP) is 3.25. The molecule has 1 heterocycles. The summed E-state index contributed by atoms with van der Waals surface area (Å²) in [5, 5.41) is 11.6. The van der Waals surface area contributed by atoms with Gasteiger partial charge in [0.25, 0.3) is 0 Å². The number of alkyl halides is 1. The number of fused-ring (bicyclic) bond motifs is 6. The first-order chi connectivity index (χ1) is 16.1. The number of ether oxygens (including phenoxy) is 4. The van der Waals surface area contributed by atoms with E-state index in [9.17, 15) is 14.7 Å². The molecule has 1 N–H and O–H groups in total. The van der Waals surface area contributed by atoms with Crippen LogP contribution >= 0.6 is 0 Å². The quantitative estimate of drug-likeness (QED) is 0.620. The van der Waals surface area contributed by atoms with E-state index < -0.39 is 34.9 Å². The average Bonchev–Trinajstić information content (AvgIpc) is 3.05. The third-order valence-electron chi connectivity index (χ3n) is 9.37. The highest BCUT2D eigenvalue weighted by Gasteiger charge is 2.73. The Kier molecular flexibility index (Phi) is 5.73. The lowest BCUT2D eigenvalue weighted by atomic mass is 9.46. The Balaban J connectivity index is 1.55. The van der Waals surface area contributed by atoms with Crippen LogP contribution in [0.3, 0.4) is 0 Å². The number of rotatable bonds is 4. The number of Topliss-reactive ketones (excluding diaryl/α,β-unsaturated/α-hetero) is 1. The van der Waals surface area contributed by atoms with E-state index in [1.807, 2.05) is 13.8 Å². The van der Waals surface area contributed by atoms with Gasteiger partial charge >= 0.3 is 6.16 Å². The molecule has 8 heteroatoms. The minimum absolute atomic E-state index is 0.0495. The van der Waals surface area contributed by atoms with Gasteiger partial charge in [-0.1, -0.05) is 19.9 Å². The van der Waals surface area contributed by atoms with Crippen LogP contribution in [0.25, 0.3) is 0 Å². The highest BCUT2D eigenvalue weighted by atomic mass is 19.1. The number of hydrogen-bond acceptors (Lipinski definition) is 7. The van der Waals surface area contributed by atoms with Crippen LogP contribution in [0.2, 0.25) is 0 Å². The first kappa shape index (κ1) is 24.3. The van der Waals surface area contributed by atoms with E-state index in [1.165, 1.54) is 12.2 Å². The van der Waals surface area contributed by atoms with Crippen molar-refractivity contribution in [1.82, 2.24) is 0 Å². The number of carbonyl (C=O) groups is 2. The predicted molar refractivity (Wildman–Crippen MR) is 119 cm³/mol. The first-order valence-corrected chi connectivity index (χ1v) is 12.5. The topological polar surface area (TPSA) is 91.3 Å². The smallest absolute Gasteiger partial charge is 0.393 e. The lowest BCUT2D eigenvalue weighted by molar-refractivity contribution is -0.529. The Bertz CT molecular complexity index is 939. The summed E-state index contributed by atoms with van der Waals surface area (Å²) in [5.41, 5.74) is -2.29. The van der Waals surface area contributed by atoms with E-state index >= 15 is 4.39 Å². The summed E-state index contributed by atoms with van der Waals surface area (Å²) >= 11 is 0. The molecule has 1 aliphatic heterocycles. The molecule has 34 heavy (non-hydrogen) atoms. The van der Waals surface area contributed by atoms with Crippen molar-refractivity contribution in [3.63, 3.8) is 0 Å². The van der Waals surface area contributed by atoms with Crippen molar-refractivity contribution in [3.8, 4) is 0 Å². The van der Waals surface area contributed by atoms with E-state index in [-0.39, 0.29) is 55.6 Å². The average molecular weight is 479 g/mol. The molecule has 3 saturated carbocycles. The Morgan fingerprint density at radius 1 is 1.21 bits per heavy atom. The summed E-state index contributed by atoms with van der Waals surface area (Å²) in [4.78, 5) is 25.5. The molecule has 1 saturated heterocycles. The largest absolute Gasteiger partial charge is 0.414 e. The molecule has 0 bridgehead atoms. The summed E-state index contributed by atoms with van der Waals surface area (Å²) in [6.07, 6.45) is 2.44. The second-order valence-corrected chi connectivity index (χ2v) is 10.9. The molecule has 0 aromatic heterocycles. The summed E-state index contributed by atoms with van der Waals surface area (Å²) in [6, 6.07) is 0. The maximum absolute atomic E-state index is 15.6. The Hall–Kier alpha value is -1.45. The van der Waals surface area contributed by atoms with Gasteiger partial charge in [-0.05, 0) is 69.1 Å². The number of halogens is 1. The van der Waals surface area contributed by atoms with Crippen LogP contribution in [0.1, 0.15) is 53.4 Å². The molecular formula is C26H35FO7. The van der Waals surface area contributed by atoms with Crippen LogP contribution < -0.4 is 0 Å². The van der Waals surface area contributed by atoms with Gasteiger partial charge in [0, 0.05) is 16.7 Å². The fourth-order valence-electron chi connectivity index (χ4n) is 8.06. The Morgan fingerprint density at radius 2 is 1.91 bits per heavy atom. The third kappa shape index (κ3) is 3.11. The molecule has 4 aliphatic carbocycles. The highest BCUT2D eigenvalue weighted by molar-refractivity contribution is 6.01. The van der Waals surface area contributed by atoms with Gasteiger partial charge in [-0.2, -0.15) is 0 Å². The monoisotopic (exact) mass is 478 g/mol. The minimum Gasteiger partial charge on any atom is -0.393 e. The van der Waals surface area contributed by atoms with Gasteiger partial charge in [0.1, 0.15) is 18.4 Å². The summed E-state index contributed by atoms with van der Waals surface area (Å²) in [6.45, 7) is 7.81. The molecule has 4 fully saturated rings. The van der Waals surface area contributed by atoms with Crippen LogP contribution in [0.5, 0.6) is 0 Å². The molecular weight excluding hydrogens is 443 g/mol. The lowest BCUT2D eigenvalue weighted by Crippen LogP contribution is -2.68. The number of allylic oxidation sites excluding steroid dienone is 4. The molecule has 0 radical (unpaired) electrons.